The second-order valence-corrected chi connectivity index (χ2v) is 9.48. The van der Waals surface area contributed by atoms with E-state index in [-0.39, 0.29) is 4.90 Å². The molecule has 0 amide bonds. The molecule has 1 N–H and O–H groups in total. The van der Waals surface area contributed by atoms with Crippen LogP contribution in [0.2, 0.25) is 0 Å². The molecule has 1 saturated heterocycles. The molecule has 3 aromatic rings. The van der Waals surface area contributed by atoms with Gasteiger partial charge in [0, 0.05) is 55.0 Å². The molecule has 1 fully saturated rings. The fraction of sp³-hybridized carbons (Fsp3) is 0.333. The van der Waals surface area contributed by atoms with Gasteiger partial charge in [-0.15, -0.1) is 0 Å². The lowest BCUT2D eigenvalue weighted by Gasteiger charge is -2.29. The van der Waals surface area contributed by atoms with Crippen LogP contribution in [0.5, 0.6) is 11.6 Å². The minimum atomic E-state index is -3.71. The van der Waals surface area contributed by atoms with Crippen molar-refractivity contribution < 1.29 is 17.9 Å². The number of ether oxygens (including phenoxy) is 2. The standard InChI is InChI=1S/C24H28N4O4S/c1-3-22-23(18(2)27-33(29,30)21-8-5-10-25-17-21)9-11-26-24(22)32-20-7-4-6-19(16-20)28-12-14-31-15-13-28/h4-11,16-18,27H,3,12-15H2,1-2H3. The number of rotatable bonds is 8. The normalized spacial score (nSPS) is 15.3. The number of morpholine rings is 1. The van der Waals surface area contributed by atoms with Crippen LogP contribution in [0.1, 0.15) is 31.0 Å². The molecule has 4 rings (SSSR count). The third-order valence-corrected chi connectivity index (χ3v) is 7.08. The predicted molar refractivity (Wildman–Crippen MR) is 126 cm³/mol. The van der Waals surface area contributed by atoms with E-state index >= 15 is 0 Å². The summed E-state index contributed by atoms with van der Waals surface area (Å²) in [7, 11) is -3.71. The van der Waals surface area contributed by atoms with Crippen molar-refractivity contribution >= 4 is 15.7 Å². The van der Waals surface area contributed by atoms with Crippen LogP contribution >= 0.6 is 0 Å². The number of pyridine rings is 2. The van der Waals surface area contributed by atoms with Crippen molar-refractivity contribution in [3.8, 4) is 11.6 Å². The van der Waals surface area contributed by atoms with Gasteiger partial charge >= 0.3 is 0 Å². The predicted octanol–water partition coefficient (Wildman–Crippen LogP) is 3.71. The number of anilines is 1. The third kappa shape index (κ3) is 5.50. The minimum Gasteiger partial charge on any atom is -0.439 e. The van der Waals surface area contributed by atoms with Crippen molar-refractivity contribution in [1.82, 2.24) is 14.7 Å². The highest BCUT2D eigenvalue weighted by atomic mass is 32.2. The Balaban J connectivity index is 1.56. The monoisotopic (exact) mass is 468 g/mol. The van der Waals surface area contributed by atoms with Crippen LogP contribution in [-0.2, 0) is 21.2 Å². The zero-order chi connectivity index (χ0) is 23.3. The van der Waals surface area contributed by atoms with E-state index in [2.05, 4.69) is 25.7 Å². The van der Waals surface area contributed by atoms with Gasteiger partial charge in [-0.3, -0.25) is 4.98 Å². The van der Waals surface area contributed by atoms with Crippen molar-refractivity contribution in [2.24, 2.45) is 0 Å². The first-order chi connectivity index (χ1) is 16.0. The first-order valence-electron chi connectivity index (χ1n) is 11.0. The van der Waals surface area contributed by atoms with Gasteiger partial charge in [-0.1, -0.05) is 13.0 Å². The SMILES string of the molecule is CCc1c(C(C)NS(=O)(=O)c2cccnc2)ccnc1Oc1cccc(N2CCOCC2)c1. The molecule has 1 unspecified atom stereocenters. The molecule has 2 aromatic heterocycles. The smallest absolute Gasteiger partial charge is 0.242 e. The maximum absolute atomic E-state index is 12.8. The molecule has 0 bridgehead atoms. The molecule has 3 heterocycles. The molecule has 0 saturated carbocycles. The number of benzene rings is 1. The topological polar surface area (TPSA) is 93.7 Å². The van der Waals surface area contributed by atoms with Gasteiger partial charge in [0.2, 0.25) is 15.9 Å². The summed E-state index contributed by atoms with van der Waals surface area (Å²) < 4.78 is 39.9. The van der Waals surface area contributed by atoms with E-state index in [1.807, 2.05) is 38.1 Å². The average molecular weight is 469 g/mol. The zero-order valence-electron chi connectivity index (χ0n) is 18.8. The van der Waals surface area contributed by atoms with Crippen molar-refractivity contribution in [2.45, 2.75) is 31.2 Å². The molecular formula is C24H28N4O4S. The summed E-state index contributed by atoms with van der Waals surface area (Å²) in [6.45, 7) is 6.91. The van der Waals surface area contributed by atoms with Gasteiger partial charge in [0.15, 0.2) is 0 Å². The first kappa shape index (κ1) is 23.2. The van der Waals surface area contributed by atoms with E-state index in [1.54, 1.807) is 12.3 Å². The van der Waals surface area contributed by atoms with Gasteiger partial charge in [-0.05, 0) is 49.2 Å². The maximum atomic E-state index is 12.8. The summed E-state index contributed by atoms with van der Waals surface area (Å²) in [4.78, 5) is 10.7. The second kappa shape index (κ2) is 10.3. The summed E-state index contributed by atoms with van der Waals surface area (Å²) in [5, 5.41) is 0. The van der Waals surface area contributed by atoms with Gasteiger partial charge < -0.3 is 14.4 Å². The maximum Gasteiger partial charge on any atom is 0.242 e. The van der Waals surface area contributed by atoms with Crippen LogP contribution in [-0.4, -0.2) is 44.7 Å². The molecule has 1 atom stereocenters. The van der Waals surface area contributed by atoms with Crippen molar-refractivity contribution in [1.29, 1.82) is 0 Å². The summed E-state index contributed by atoms with van der Waals surface area (Å²) >= 11 is 0. The number of sulfonamides is 1. The summed E-state index contributed by atoms with van der Waals surface area (Å²) in [6.07, 6.45) is 5.15. The molecule has 0 spiro atoms. The molecule has 1 aliphatic rings. The number of nitrogens with zero attached hydrogens (tertiary/aromatic N) is 3. The van der Waals surface area contributed by atoms with Crippen LogP contribution in [0.3, 0.4) is 0 Å². The van der Waals surface area contributed by atoms with Gasteiger partial charge in [0.25, 0.3) is 0 Å². The molecule has 0 radical (unpaired) electrons. The van der Waals surface area contributed by atoms with Crippen LogP contribution in [0.25, 0.3) is 0 Å². The van der Waals surface area contributed by atoms with E-state index in [9.17, 15) is 8.42 Å². The quantitative estimate of drug-likeness (QED) is 0.539. The zero-order valence-corrected chi connectivity index (χ0v) is 19.6. The van der Waals surface area contributed by atoms with Crippen LogP contribution in [0.15, 0.2) is 66.0 Å². The van der Waals surface area contributed by atoms with Crippen molar-refractivity contribution in [3.05, 3.63) is 72.2 Å². The Kier molecular flexibility index (Phi) is 7.22. The number of hydrogen-bond donors (Lipinski definition) is 1. The Bertz CT molecular complexity index is 1180. The van der Waals surface area contributed by atoms with E-state index in [0.717, 1.165) is 29.9 Å². The Morgan fingerprint density at radius 2 is 1.97 bits per heavy atom. The highest BCUT2D eigenvalue weighted by Crippen LogP contribution is 2.31. The minimum absolute atomic E-state index is 0.125. The molecule has 0 aliphatic carbocycles. The molecule has 8 nitrogen and oxygen atoms in total. The molecule has 1 aliphatic heterocycles. The average Bonchev–Trinajstić information content (AvgIpc) is 2.85. The summed E-state index contributed by atoms with van der Waals surface area (Å²) in [5.74, 6) is 1.16. The highest BCUT2D eigenvalue weighted by Gasteiger charge is 2.22. The van der Waals surface area contributed by atoms with Crippen molar-refractivity contribution in [2.75, 3.05) is 31.2 Å². The van der Waals surface area contributed by atoms with Crippen LogP contribution in [0.4, 0.5) is 5.69 Å². The third-order valence-electron chi connectivity index (χ3n) is 5.56. The molecule has 174 valence electrons. The fourth-order valence-corrected chi connectivity index (χ4v) is 5.07. The van der Waals surface area contributed by atoms with Gasteiger partial charge in [-0.2, -0.15) is 0 Å². The molecule has 9 heteroatoms. The van der Waals surface area contributed by atoms with Gasteiger partial charge in [0.05, 0.1) is 13.2 Å². The number of aromatic nitrogens is 2. The fourth-order valence-electron chi connectivity index (χ4n) is 3.88. The lowest BCUT2D eigenvalue weighted by molar-refractivity contribution is 0.122. The highest BCUT2D eigenvalue weighted by molar-refractivity contribution is 7.89. The molecule has 33 heavy (non-hydrogen) atoms. The Morgan fingerprint density at radius 3 is 2.70 bits per heavy atom. The van der Waals surface area contributed by atoms with Crippen LogP contribution in [0, 0.1) is 0 Å². The van der Waals surface area contributed by atoms with E-state index in [0.29, 0.717) is 31.3 Å². The summed E-state index contributed by atoms with van der Waals surface area (Å²) in [6, 6.07) is 12.4. The number of nitrogens with one attached hydrogen (secondary N) is 1. The summed E-state index contributed by atoms with van der Waals surface area (Å²) in [5.41, 5.74) is 2.75. The lowest BCUT2D eigenvalue weighted by atomic mass is 10.0. The Morgan fingerprint density at radius 1 is 1.15 bits per heavy atom. The van der Waals surface area contributed by atoms with E-state index in [1.165, 1.54) is 18.5 Å². The Labute approximate surface area is 194 Å². The van der Waals surface area contributed by atoms with E-state index < -0.39 is 16.1 Å². The largest absolute Gasteiger partial charge is 0.439 e. The molecule has 1 aromatic carbocycles. The van der Waals surface area contributed by atoms with Crippen molar-refractivity contribution in [3.63, 3.8) is 0 Å². The molecular weight excluding hydrogens is 440 g/mol. The lowest BCUT2D eigenvalue weighted by Crippen LogP contribution is -2.36. The Hall–Kier alpha value is -3.01. The second-order valence-electron chi connectivity index (χ2n) is 7.77. The van der Waals surface area contributed by atoms with Crippen LogP contribution < -0.4 is 14.4 Å². The first-order valence-corrected chi connectivity index (χ1v) is 12.5. The van der Waals surface area contributed by atoms with Gasteiger partial charge in [0.1, 0.15) is 10.6 Å². The van der Waals surface area contributed by atoms with E-state index in [4.69, 9.17) is 9.47 Å². The van der Waals surface area contributed by atoms with Gasteiger partial charge in [-0.25, -0.2) is 18.1 Å². The number of hydrogen-bond acceptors (Lipinski definition) is 7.